The van der Waals surface area contributed by atoms with E-state index in [1.165, 1.54) is 12.8 Å². The summed E-state index contributed by atoms with van der Waals surface area (Å²) >= 11 is 0. The highest BCUT2D eigenvalue weighted by Crippen LogP contribution is 2.18. The lowest BCUT2D eigenvalue weighted by atomic mass is 9.93. The molecule has 0 spiro atoms. The van der Waals surface area contributed by atoms with Crippen molar-refractivity contribution in [2.75, 3.05) is 37.4 Å². The average molecular weight is 276 g/mol. The first-order valence-corrected chi connectivity index (χ1v) is 7.29. The molecule has 2 rings (SSSR count). The van der Waals surface area contributed by atoms with Crippen molar-refractivity contribution in [1.82, 2.24) is 10.3 Å². The summed E-state index contributed by atoms with van der Waals surface area (Å²) in [4.78, 5) is 18.1. The van der Waals surface area contributed by atoms with Gasteiger partial charge in [0.1, 0.15) is 5.82 Å². The zero-order valence-corrected chi connectivity index (χ0v) is 12.4. The molecule has 5 nitrogen and oxygen atoms in total. The summed E-state index contributed by atoms with van der Waals surface area (Å²) in [7, 11) is 3.89. The van der Waals surface area contributed by atoms with Crippen LogP contribution in [0.5, 0.6) is 0 Å². The molecular formula is C15H24N4O. The highest BCUT2D eigenvalue weighted by molar-refractivity contribution is 5.90. The van der Waals surface area contributed by atoms with Gasteiger partial charge in [-0.1, -0.05) is 0 Å². The Morgan fingerprint density at radius 2 is 2.15 bits per heavy atom. The Hall–Kier alpha value is -1.62. The molecule has 0 aromatic carbocycles. The maximum atomic E-state index is 11.9. The molecule has 1 saturated heterocycles. The summed E-state index contributed by atoms with van der Waals surface area (Å²) in [6.07, 6.45) is 5.66. The van der Waals surface area contributed by atoms with Crippen LogP contribution in [0.1, 0.15) is 25.7 Å². The van der Waals surface area contributed by atoms with Gasteiger partial charge in [-0.2, -0.15) is 0 Å². The van der Waals surface area contributed by atoms with Crippen LogP contribution in [0.15, 0.2) is 18.3 Å². The third-order valence-corrected chi connectivity index (χ3v) is 3.73. The van der Waals surface area contributed by atoms with Gasteiger partial charge in [0.05, 0.1) is 11.9 Å². The van der Waals surface area contributed by atoms with Crippen molar-refractivity contribution in [3.8, 4) is 0 Å². The normalized spacial score (nSPS) is 15.9. The van der Waals surface area contributed by atoms with Crippen molar-refractivity contribution in [2.24, 2.45) is 5.92 Å². The topological polar surface area (TPSA) is 57.3 Å². The number of amides is 1. The van der Waals surface area contributed by atoms with E-state index in [0.717, 1.165) is 31.0 Å². The minimum Gasteiger partial charge on any atom is -0.363 e. The highest BCUT2D eigenvalue weighted by atomic mass is 16.1. The first kappa shape index (κ1) is 14.8. The molecule has 0 atom stereocenters. The molecule has 0 unspecified atom stereocenters. The molecule has 20 heavy (non-hydrogen) atoms. The number of piperidine rings is 1. The molecule has 2 N–H and O–H groups in total. The van der Waals surface area contributed by atoms with E-state index < -0.39 is 0 Å². The van der Waals surface area contributed by atoms with Gasteiger partial charge in [-0.3, -0.25) is 4.79 Å². The van der Waals surface area contributed by atoms with Crippen molar-refractivity contribution in [1.29, 1.82) is 0 Å². The molecule has 1 aliphatic rings. The molecule has 1 fully saturated rings. The standard InChI is InChI=1S/C15H24N4O/c1-19(2)14-5-4-13(11-17-14)18-15(20)6-3-12-7-9-16-10-8-12/h4-5,11-12,16H,3,6-10H2,1-2H3,(H,18,20). The second-order valence-corrected chi connectivity index (χ2v) is 5.58. The maximum absolute atomic E-state index is 11.9. The van der Waals surface area contributed by atoms with E-state index in [1.807, 2.05) is 31.1 Å². The number of anilines is 2. The third kappa shape index (κ3) is 4.49. The summed E-state index contributed by atoms with van der Waals surface area (Å²) in [5, 5.41) is 6.26. The summed E-state index contributed by atoms with van der Waals surface area (Å²) in [6, 6.07) is 3.80. The molecule has 1 amide bonds. The molecule has 1 aromatic heterocycles. The van der Waals surface area contributed by atoms with Crippen molar-refractivity contribution >= 4 is 17.4 Å². The lowest BCUT2D eigenvalue weighted by molar-refractivity contribution is -0.116. The van der Waals surface area contributed by atoms with Gasteiger partial charge in [0.15, 0.2) is 0 Å². The number of rotatable bonds is 5. The number of hydrogen-bond acceptors (Lipinski definition) is 4. The zero-order chi connectivity index (χ0) is 14.4. The summed E-state index contributed by atoms with van der Waals surface area (Å²) in [5.41, 5.74) is 0.769. The van der Waals surface area contributed by atoms with Crippen LogP contribution in [-0.2, 0) is 4.79 Å². The monoisotopic (exact) mass is 276 g/mol. The Kier molecular flexibility index (Phi) is 5.35. The van der Waals surface area contributed by atoms with Gasteiger partial charge in [-0.15, -0.1) is 0 Å². The summed E-state index contributed by atoms with van der Waals surface area (Å²) in [6.45, 7) is 2.17. The van der Waals surface area contributed by atoms with E-state index in [-0.39, 0.29) is 5.91 Å². The maximum Gasteiger partial charge on any atom is 0.224 e. The zero-order valence-electron chi connectivity index (χ0n) is 12.4. The van der Waals surface area contributed by atoms with Crippen LogP contribution >= 0.6 is 0 Å². The number of pyridine rings is 1. The Bertz CT molecular complexity index is 424. The minimum atomic E-state index is 0.0861. The Morgan fingerprint density at radius 3 is 2.75 bits per heavy atom. The molecule has 1 aliphatic heterocycles. The van der Waals surface area contributed by atoms with Crippen LogP contribution in [0.25, 0.3) is 0 Å². The molecule has 1 aromatic rings. The lowest BCUT2D eigenvalue weighted by Gasteiger charge is -2.22. The van der Waals surface area contributed by atoms with E-state index in [1.54, 1.807) is 6.20 Å². The lowest BCUT2D eigenvalue weighted by Crippen LogP contribution is -2.28. The molecule has 110 valence electrons. The average Bonchev–Trinajstić information content (AvgIpc) is 2.47. The summed E-state index contributed by atoms with van der Waals surface area (Å²) in [5.74, 6) is 1.66. The second-order valence-electron chi connectivity index (χ2n) is 5.58. The van der Waals surface area contributed by atoms with E-state index in [9.17, 15) is 4.79 Å². The van der Waals surface area contributed by atoms with Gasteiger partial charge in [-0.05, 0) is 50.4 Å². The highest BCUT2D eigenvalue weighted by Gasteiger charge is 2.14. The first-order chi connectivity index (χ1) is 9.65. The van der Waals surface area contributed by atoms with E-state index in [2.05, 4.69) is 15.6 Å². The van der Waals surface area contributed by atoms with Gasteiger partial charge >= 0.3 is 0 Å². The van der Waals surface area contributed by atoms with Gasteiger partial charge < -0.3 is 15.5 Å². The Labute approximate surface area is 120 Å². The smallest absolute Gasteiger partial charge is 0.224 e. The quantitative estimate of drug-likeness (QED) is 0.862. The van der Waals surface area contributed by atoms with Crippen LogP contribution in [0.2, 0.25) is 0 Å². The van der Waals surface area contributed by atoms with Crippen molar-refractivity contribution in [3.05, 3.63) is 18.3 Å². The van der Waals surface area contributed by atoms with Gasteiger partial charge in [0, 0.05) is 20.5 Å². The minimum absolute atomic E-state index is 0.0861. The molecule has 5 heteroatoms. The fraction of sp³-hybridized carbons (Fsp3) is 0.600. The second kappa shape index (κ2) is 7.24. The van der Waals surface area contributed by atoms with E-state index in [4.69, 9.17) is 0 Å². The largest absolute Gasteiger partial charge is 0.363 e. The van der Waals surface area contributed by atoms with Crippen LogP contribution in [-0.4, -0.2) is 38.1 Å². The van der Waals surface area contributed by atoms with Crippen molar-refractivity contribution in [2.45, 2.75) is 25.7 Å². The molecule has 0 bridgehead atoms. The fourth-order valence-electron chi connectivity index (χ4n) is 2.45. The van der Waals surface area contributed by atoms with Crippen LogP contribution in [0, 0.1) is 5.92 Å². The van der Waals surface area contributed by atoms with Gasteiger partial charge in [-0.25, -0.2) is 4.98 Å². The Morgan fingerprint density at radius 1 is 1.40 bits per heavy atom. The predicted octanol–water partition coefficient (Wildman–Crippen LogP) is 1.87. The number of carbonyl (C=O) groups excluding carboxylic acids is 1. The number of hydrogen-bond donors (Lipinski definition) is 2. The number of aromatic nitrogens is 1. The molecular weight excluding hydrogens is 252 g/mol. The SMILES string of the molecule is CN(C)c1ccc(NC(=O)CCC2CCNCC2)cn1. The van der Waals surface area contributed by atoms with Crippen LogP contribution in [0.3, 0.4) is 0 Å². The van der Waals surface area contributed by atoms with E-state index in [0.29, 0.717) is 12.3 Å². The third-order valence-electron chi connectivity index (χ3n) is 3.73. The van der Waals surface area contributed by atoms with E-state index >= 15 is 0 Å². The predicted molar refractivity (Wildman–Crippen MR) is 82.0 cm³/mol. The molecule has 2 heterocycles. The molecule has 0 aliphatic carbocycles. The Balaban J connectivity index is 1.75. The summed E-state index contributed by atoms with van der Waals surface area (Å²) < 4.78 is 0. The number of nitrogens with zero attached hydrogens (tertiary/aromatic N) is 2. The molecule has 0 saturated carbocycles. The fourth-order valence-corrected chi connectivity index (χ4v) is 2.45. The number of nitrogens with one attached hydrogen (secondary N) is 2. The van der Waals surface area contributed by atoms with Crippen molar-refractivity contribution in [3.63, 3.8) is 0 Å². The van der Waals surface area contributed by atoms with Crippen LogP contribution in [0.4, 0.5) is 11.5 Å². The first-order valence-electron chi connectivity index (χ1n) is 7.29. The molecule has 0 radical (unpaired) electrons. The van der Waals surface area contributed by atoms with Gasteiger partial charge in [0.25, 0.3) is 0 Å². The van der Waals surface area contributed by atoms with Gasteiger partial charge in [0.2, 0.25) is 5.91 Å². The van der Waals surface area contributed by atoms with Crippen LogP contribution < -0.4 is 15.5 Å². The number of carbonyl (C=O) groups is 1. The van der Waals surface area contributed by atoms with Crippen molar-refractivity contribution < 1.29 is 4.79 Å².